The number of nitrogens with zero attached hydrogens (tertiary/aromatic N) is 2. The van der Waals surface area contributed by atoms with Crippen molar-refractivity contribution in [3.8, 4) is 5.75 Å². The number of carbonyl (C=O) groups is 7. The molecule has 448 valence electrons. The molecular formula is C54H91N9O16. The molecule has 7 unspecified atom stereocenters. The predicted molar refractivity (Wildman–Crippen MR) is 288 cm³/mol. The number of unbranched alkanes of at least 4 members (excludes halogenated alkanes) is 5. The highest BCUT2D eigenvalue weighted by Crippen LogP contribution is 2.28. The maximum absolute atomic E-state index is 14.6. The highest BCUT2D eigenvalue weighted by atomic mass is 16.3. The van der Waals surface area contributed by atoms with E-state index in [1.165, 1.54) is 37.6 Å². The molecule has 0 saturated carbocycles. The summed E-state index contributed by atoms with van der Waals surface area (Å²) in [5, 5.41) is 117. The molecule has 17 atom stereocenters. The van der Waals surface area contributed by atoms with Gasteiger partial charge in [0.2, 0.25) is 41.4 Å². The minimum atomic E-state index is -2.27. The normalized spacial score (nSPS) is 29.2. The van der Waals surface area contributed by atoms with Crippen molar-refractivity contribution >= 4 is 41.4 Å². The van der Waals surface area contributed by atoms with E-state index >= 15 is 0 Å². The van der Waals surface area contributed by atoms with Gasteiger partial charge >= 0.3 is 0 Å². The van der Waals surface area contributed by atoms with Gasteiger partial charge in [0.05, 0.1) is 37.1 Å². The number of hydrogen-bond donors (Lipinski definition) is 16. The molecule has 1 aromatic rings. The fourth-order valence-corrected chi connectivity index (χ4v) is 10.5. The number of benzene rings is 1. The number of carbonyl (C=O) groups excluding carboxylic acids is 7. The van der Waals surface area contributed by atoms with Crippen molar-refractivity contribution in [1.82, 2.24) is 47.0 Å². The minimum Gasteiger partial charge on any atom is -0.508 e. The Hall–Kier alpha value is -5.09. The van der Waals surface area contributed by atoms with Gasteiger partial charge in [-0.3, -0.25) is 38.9 Å². The molecule has 4 rings (SSSR count). The first-order chi connectivity index (χ1) is 37.4. The summed E-state index contributed by atoms with van der Waals surface area (Å²) in [6, 6.07) is -6.35. The molecular weight excluding hydrogens is 1030 g/mol. The van der Waals surface area contributed by atoms with Crippen molar-refractivity contribution in [3.05, 3.63) is 29.8 Å². The molecule has 0 radical (unpaired) electrons. The summed E-state index contributed by atoms with van der Waals surface area (Å²) in [7, 11) is 0. The number of amides is 7. The molecule has 25 nitrogen and oxygen atoms in total. The zero-order valence-corrected chi connectivity index (χ0v) is 46.6. The average molecular weight is 1120 g/mol. The molecule has 0 aliphatic carbocycles. The van der Waals surface area contributed by atoms with Crippen LogP contribution in [-0.4, -0.2) is 215 Å². The van der Waals surface area contributed by atoms with E-state index < -0.39 is 152 Å². The Balaban J connectivity index is 1.74. The second kappa shape index (κ2) is 32.4. The van der Waals surface area contributed by atoms with Crippen LogP contribution >= 0.6 is 0 Å². The molecule has 16 N–H and O–H groups in total. The molecule has 79 heavy (non-hydrogen) atoms. The molecule has 7 amide bonds. The molecule has 3 heterocycles. The standard InChI is InChI=1S/C54H91N9O16/c1-7-29(2)24-30(3)14-12-10-8-9-11-13-15-40(70)57-37-26-39(69)48(56-21-20-55-22-23-64)61-52(77)44-45(71)31(4)27-63(44)54(79)42(33(6)66)59-51(76)43(47(73)46(72)34-16-18-35(67)19-17-34)60-50(75)38-25-36(68)28-62(38)53(78)41(32(5)65)58-49(37)74/h16-19,29-33,36-39,41-48,55-56,64-69,71-73H,7-15,20-28H2,1-6H3,(H,57,70)(H,58,74)(H,59,76)(H,60,75)(H,61,77)/t29?,30?,31-,32+,33+,36+,37+,38?,39+,41?,42?,43?,44?,45-,46-,47-,48-/m0/s1. The van der Waals surface area contributed by atoms with E-state index in [2.05, 4.69) is 58.0 Å². The van der Waals surface area contributed by atoms with Crippen LogP contribution in [0.25, 0.3) is 0 Å². The predicted octanol–water partition coefficient (Wildman–Crippen LogP) is -2.77. The highest BCUT2D eigenvalue weighted by molar-refractivity contribution is 5.98. The Morgan fingerprint density at radius 2 is 1.29 bits per heavy atom. The van der Waals surface area contributed by atoms with Crippen LogP contribution in [0.4, 0.5) is 0 Å². The van der Waals surface area contributed by atoms with Gasteiger partial charge < -0.3 is 87.7 Å². The first kappa shape index (κ1) is 66.4. The quantitative estimate of drug-likeness (QED) is 0.0466. The van der Waals surface area contributed by atoms with E-state index in [9.17, 15) is 79.5 Å². The van der Waals surface area contributed by atoms with Gasteiger partial charge in [-0.15, -0.1) is 0 Å². The number of phenolic OH excluding ortho intramolecular Hbond substituents is 1. The Bertz CT molecular complexity index is 2120. The second-order valence-corrected chi connectivity index (χ2v) is 22.1. The third-order valence-corrected chi connectivity index (χ3v) is 15.3. The maximum Gasteiger partial charge on any atom is 0.248 e. The number of aromatic hydroxyl groups is 1. The van der Waals surface area contributed by atoms with E-state index in [4.69, 9.17) is 0 Å². The van der Waals surface area contributed by atoms with Crippen molar-refractivity contribution in [2.24, 2.45) is 17.8 Å². The Kier molecular flexibility index (Phi) is 27.2. The summed E-state index contributed by atoms with van der Waals surface area (Å²) in [6.45, 7) is 9.84. The fourth-order valence-electron chi connectivity index (χ4n) is 10.5. The van der Waals surface area contributed by atoms with E-state index in [0.29, 0.717) is 24.7 Å². The van der Waals surface area contributed by atoms with Crippen molar-refractivity contribution in [1.29, 1.82) is 0 Å². The fraction of sp³-hybridized carbons (Fsp3) is 0.759. The lowest BCUT2D eigenvalue weighted by atomic mass is 9.91. The maximum atomic E-state index is 14.6. The number of hydrogen-bond acceptors (Lipinski definition) is 18. The Morgan fingerprint density at radius 1 is 0.696 bits per heavy atom. The smallest absolute Gasteiger partial charge is 0.248 e. The first-order valence-corrected chi connectivity index (χ1v) is 28.1. The zero-order valence-electron chi connectivity index (χ0n) is 46.6. The third-order valence-electron chi connectivity index (χ3n) is 15.3. The van der Waals surface area contributed by atoms with Crippen LogP contribution in [0.2, 0.25) is 0 Å². The molecule has 3 fully saturated rings. The van der Waals surface area contributed by atoms with Gasteiger partial charge in [-0.05, 0) is 56.2 Å². The number of aliphatic hydroxyl groups excluding tert-OH is 8. The SMILES string of the molecule is CCC(C)CC(C)CCCCCCCCC(=O)N[C@@H]1C[C@@H](O)[C@@H](NCCNCCO)NC(=O)C2[C@@H](O)[C@@H](C)CN2C(=O)C([C@@H](C)O)NC(=O)C([C@H](O)[C@@H](O)c2ccc(O)cc2)NC(=O)C2C[C@@H](O)CN2C(=O)C([C@@H](C)O)NC1=O. The molecule has 3 aliphatic heterocycles. The summed E-state index contributed by atoms with van der Waals surface area (Å²) < 4.78 is 0. The summed E-state index contributed by atoms with van der Waals surface area (Å²) >= 11 is 0. The average Bonchev–Trinajstić information content (AvgIpc) is 3.96. The number of rotatable bonds is 24. The Morgan fingerprint density at radius 3 is 1.91 bits per heavy atom. The summed E-state index contributed by atoms with van der Waals surface area (Å²) in [5.41, 5.74) is -0.0530. The minimum absolute atomic E-state index is 0.00733. The van der Waals surface area contributed by atoms with E-state index in [1.54, 1.807) is 0 Å². The van der Waals surface area contributed by atoms with E-state index in [0.717, 1.165) is 62.2 Å². The molecule has 3 saturated heterocycles. The Labute approximate surface area is 463 Å². The van der Waals surface area contributed by atoms with Crippen molar-refractivity contribution < 1.29 is 79.5 Å². The van der Waals surface area contributed by atoms with Crippen molar-refractivity contribution in [2.75, 3.05) is 39.3 Å². The third kappa shape index (κ3) is 19.6. The topological polar surface area (TPSA) is 392 Å². The lowest BCUT2D eigenvalue weighted by molar-refractivity contribution is -0.148. The van der Waals surface area contributed by atoms with Gasteiger partial charge in [0.25, 0.3) is 0 Å². The van der Waals surface area contributed by atoms with Crippen molar-refractivity contribution in [3.63, 3.8) is 0 Å². The molecule has 0 bridgehead atoms. The summed E-state index contributed by atoms with van der Waals surface area (Å²) in [4.78, 5) is 102. The second-order valence-electron chi connectivity index (χ2n) is 22.1. The number of aliphatic hydroxyl groups is 8. The monoisotopic (exact) mass is 1120 g/mol. The van der Waals surface area contributed by atoms with Crippen LogP contribution in [-0.2, 0) is 33.6 Å². The van der Waals surface area contributed by atoms with Gasteiger partial charge in [-0.2, -0.15) is 0 Å². The van der Waals surface area contributed by atoms with Crippen LogP contribution in [0.3, 0.4) is 0 Å². The van der Waals surface area contributed by atoms with Gasteiger partial charge in [0.15, 0.2) is 0 Å². The summed E-state index contributed by atoms with van der Waals surface area (Å²) in [5.74, 6) is -7.20. The van der Waals surface area contributed by atoms with E-state index in [1.807, 2.05) is 0 Å². The van der Waals surface area contributed by atoms with Crippen LogP contribution in [0.1, 0.15) is 130 Å². The number of fused-ring (bicyclic) bond motifs is 2. The highest BCUT2D eigenvalue weighted by Gasteiger charge is 2.50. The number of phenols is 1. The van der Waals surface area contributed by atoms with Gasteiger partial charge in [-0.25, -0.2) is 0 Å². The van der Waals surface area contributed by atoms with Crippen LogP contribution < -0.4 is 37.2 Å². The lowest BCUT2D eigenvalue weighted by Gasteiger charge is -2.34. The van der Waals surface area contributed by atoms with Gasteiger partial charge in [-0.1, -0.05) is 84.8 Å². The molecule has 25 heteroatoms. The van der Waals surface area contributed by atoms with Crippen LogP contribution in [0.15, 0.2) is 24.3 Å². The summed E-state index contributed by atoms with van der Waals surface area (Å²) in [6.07, 6.45) is -6.47. The molecule has 3 aliphatic rings. The van der Waals surface area contributed by atoms with E-state index in [-0.39, 0.29) is 50.5 Å². The van der Waals surface area contributed by atoms with Gasteiger partial charge in [0.1, 0.15) is 60.4 Å². The van der Waals surface area contributed by atoms with Crippen molar-refractivity contribution in [2.45, 2.75) is 204 Å². The van der Waals surface area contributed by atoms with Crippen LogP contribution in [0.5, 0.6) is 5.75 Å². The molecule has 0 spiro atoms. The number of nitrogens with one attached hydrogen (secondary N) is 7. The van der Waals surface area contributed by atoms with Crippen LogP contribution in [0, 0.1) is 17.8 Å². The van der Waals surface area contributed by atoms with Gasteiger partial charge in [0, 0.05) is 57.9 Å². The molecule has 1 aromatic carbocycles. The lowest BCUT2D eigenvalue weighted by Crippen LogP contribution is -2.64. The molecule has 0 aromatic heterocycles. The zero-order chi connectivity index (χ0) is 58.7. The first-order valence-electron chi connectivity index (χ1n) is 28.1. The largest absolute Gasteiger partial charge is 0.508 e.